The van der Waals surface area contributed by atoms with Gasteiger partial charge in [0.15, 0.2) is 13.2 Å². The average molecular weight is 612 g/mol. The first-order valence-corrected chi connectivity index (χ1v) is 13.2. The molecule has 0 aliphatic carbocycles. The number of amides is 2. The third-order valence-corrected chi connectivity index (χ3v) is 6.22. The standard InChI is InChI=1S/C27H36Br2N2O4/c1-17(31-25(33)16-35-23-11-9-19(29)13-21(23)27(5,6)7)14-30-24(32)15-34-22-10-8-18(28)12-20(22)26(2,3)4/h8-13,17H,14-16H2,1-7H3,(H,30,32)(H,31,33). The molecule has 8 heteroatoms. The fraction of sp³-hybridized carbons (Fsp3) is 0.481. The van der Waals surface area contributed by atoms with Crippen LogP contribution in [0.1, 0.15) is 59.6 Å². The third-order valence-electron chi connectivity index (χ3n) is 5.23. The largest absolute Gasteiger partial charge is 0.483 e. The van der Waals surface area contributed by atoms with Crippen LogP contribution in [0.25, 0.3) is 0 Å². The number of nitrogens with one attached hydrogen (secondary N) is 2. The fourth-order valence-electron chi connectivity index (χ4n) is 3.40. The Morgan fingerprint density at radius 1 is 0.800 bits per heavy atom. The number of halogens is 2. The van der Waals surface area contributed by atoms with Gasteiger partial charge in [0, 0.05) is 32.7 Å². The second-order valence-electron chi connectivity index (χ2n) is 10.6. The SMILES string of the molecule is CC(CNC(=O)COc1ccc(Br)cc1C(C)(C)C)NC(=O)COc1ccc(Br)cc1C(C)(C)C. The number of carbonyl (C=O) groups excluding carboxylic acids is 2. The Kier molecular flexibility index (Phi) is 10.2. The third kappa shape index (κ3) is 9.49. The first-order chi connectivity index (χ1) is 16.2. The molecule has 2 rings (SSSR count). The highest BCUT2D eigenvalue weighted by Gasteiger charge is 2.21. The zero-order valence-corrected chi connectivity index (χ0v) is 24.7. The summed E-state index contributed by atoms with van der Waals surface area (Å²) in [7, 11) is 0. The average Bonchev–Trinajstić information content (AvgIpc) is 2.74. The molecule has 2 aromatic carbocycles. The van der Waals surface area contributed by atoms with E-state index in [2.05, 4.69) is 84.0 Å². The Hall–Kier alpha value is -2.06. The number of rotatable bonds is 9. The molecule has 35 heavy (non-hydrogen) atoms. The van der Waals surface area contributed by atoms with E-state index in [-0.39, 0.29) is 48.4 Å². The predicted molar refractivity (Wildman–Crippen MR) is 147 cm³/mol. The van der Waals surface area contributed by atoms with Crippen LogP contribution in [-0.4, -0.2) is 37.6 Å². The first kappa shape index (κ1) is 29.2. The first-order valence-electron chi connectivity index (χ1n) is 11.6. The van der Waals surface area contributed by atoms with Crippen molar-refractivity contribution in [2.45, 2.75) is 65.3 Å². The molecular weight excluding hydrogens is 576 g/mol. The molecule has 0 aromatic heterocycles. The Labute approximate surface area is 225 Å². The Bertz CT molecular complexity index is 1040. The van der Waals surface area contributed by atoms with Crippen molar-refractivity contribution in [1.29, 1.82) is 0 Å². The normalized spacial score (nSPS) is 12.6. The molecule has 0 radical (unpaired) electrons. The van der Waals surface area contributed by atoms with Gasteiger partial charge in [-0.15, -0.1) is 0 Å². The van der Waals surface area contributed by atoms with Crippen molar-refractivity contribution in [2.75, 3.05) is 19.8 Å². The molecule has 0 spiro atoms. The van der Waals surface area contributed by atoms with E-state index in [1.165, 1.54) is 0 Å². The molecular formula is C27H36Br2N2O4. The zero-order chi connectivity index (χ0) is 26.4. The lowest BCUT2D eigenvalue weighted by Gasteiger charge is -2.23. The van der Waals surface area contributed by atoms with Crippen LogP contribution in [0.5, 0.6) is 11.5 Å². The molecule has 2 aromatic rings. The Balaban J connectivity index is 1.81. The van der Waals surface area contributed by atoms with Crippen LogP contribution in [0, 0.1) is 0 Å². The molecule has 192 valence electrons. The zero-order valence-electron chi connectivity index (χ0n) is 21.6. The molecule has 1 atom stereocenters. The van der Waals surface area contributed by atoms with Gasteiger partial charge in [0.05, 0.1) is 0 Å². The quantitative estimate of drug-likeness (QED) is 0.371. The van der Waals surface area contributed by atoms with E-state index < -0.39 is 0 Å². The van der Waals surface area contributed by atoms with Crippen LogP contribution in [0.2, 0.25) is 0 Å². The molecule has 0 aliphatic rings. The lowest BCUT2D eigenvalue weighted by molar-refractivity contribution is -0.125. The van der Waals surface area contributed by atoms with E-state index in [1.54, 1.807) is 0 Å². The summed E-state index contributed by atoms with van der Waals surface area (Å²) in [6, 6.07) is 11.2. The maximum Gasteiger partial charge on any atom is 0.258 e. The number of carbonyl (C=O) groups is 2. The lowest BCUT2D eigenvalue weighted by Crippen LogP contribution is -2.44. The van der Waals surface area contributed by atoms with Gasteiger partial charge in [0.25, 0.3) is 11.8 Å². The lowest BCUT2D eigenvalue weighted by atomic mass is 9.86. The smallest absolute Gasteiger partial charge is 0.258 e. The van der Waals surface area contributed by atoms with Crippen LogP contribution in [-0.2, 0) is 20.4 Å². The summed E-state index contributed by atoms with van der Waals surface area (Å²) in [6.45, 7) is 14.5. The van der Waals surface area contributed by atoms with Gasteiger partial charge in [-0.3, -0.25) is 9.59 Å². The summed E-state index contributed by atoms with van der Waals surface area (Å²) >= 11 is 6.98. The highest BCUT2D eigenvalue weighted by Crippen LogP contribution is 2.34. The minimum atomic E-state index is -0.264. The van der Waals surface area contributed by atoms with Crippen molar-refractivity contribution in [1.82, 2.24) is 10.6 Å². The van der Waals surface area contributed by atoms with Crippen LogP contribution < -0.4 is 20.1 Å². The summed E-state index contributed by atoms with van der Waals surface area (Å²) in [5.41, 5.74) is 1.78. The summed E-state index contributed by atoms with van der Waals surface area (Å²) in [5.74, 6) is 0.846. The Morgan fingerprint density at radius 2 is 1.23 bits per heavy atom. The summed E-state index contributed by atoms with van der Waals surface area (Å²) < 4.78 is 13.5. The van der Waals surface area contributed by atoms with Crippen LogP contribution >= 0.6 is 31.9 Å². The van der Waals surface area contributed by atoms with E-state index >= 15 is 0 Å². The van der Waals surface area contributed by atoms with Gasteiger partial charge in [-0.1, -0.05) is 73.4 Å². The molecule has 0 aliphatic heterocycles. The van der Waals surface area contributed by atoms with Crippen LogP contribution in [0.15, 0.2) is 45.3 Å². The van der Waals surface area contributed by atoms with E-state index in [0.29, 0.717) is 11.5 Å². The molecule has 0 fully saturated rings. The van der Waals surface area contributed by atoms with E-state index in [4.69, 9.17) is 9.47 Å². The van der Waals surface area contributed by atoms with Gasteiger partial charge < -0.3 is 20.1 Å². The Morgan fingerprint density at radius 3 is 1.66 bits per heavy atom. The number of ether oxygens (including phenoxy) is 2. The molecule has 0 saturated heterocycles. The second kappa shape index (κ2) is 12.3. The van der Waals surface area contributed by atoms with Crippen molar-refractivity contribution < 1.29 is 19.1 Å². The van der Waals surface area contributed by atoms with Gasteiger partial charge in [-0.05, 0) is 54.2 Å². The topological polar surface area (TPSA) is 76.7 Å². The number of benzene rings is 2. The molecule has 1 unspecified atom stereocenters. The minimum Gasteiger partial charge on any atom is -0.483 e. The highest BCUT2D eigenvalue weighted by molar-refractivity contribution is 9.10. The van der Waals surface area contributed by atoms with Crippen molar-refractivity contribution in [3.05, 3.63) is 56.5 Å². The maximum atomic E-state index is 12.4. The van der Waals surface area contributed by atoms with Gasteiger partial charge in [-0.2, -0.15) is 0 Å². The monoisotopic (exact) mass is 610 g/mol. The van der Waals surface area contributed by atoms with Gasteiger partial charge in [-0.25, -0.2) is 0 Å². The van der Waals surface area contributed by atoms with Gasteiger partial charge >= 0.3 is 0 Å². The predicted octanol–water partition coefficient (Wildman–Crippen LogP) is 5.89. The van der Waals surface area contributed by atoms with E-state index in [0.717, 1.165) is 20.1 Å². The van der Waals surface area contributed by atoms with Crippen LogP contribution in [0.3, 0.4) is 0 Å². The number of hydrogen-bond donors (Lipinski definition) is 2. The minimum absolute atomic E-state index is 0.104. The highest BCUT2D eigenvalue weighted by atomic mass is 79.9. The molecule has 0 bridgehead atoms. The molecule has 2 N–H and O–H groups in total. The van der Waals surface area contributed by atoms with Gasteiger partial charge in [0.1, 0.15) is 11.5 Å². The van der Waals surface area contributed by atoms with Crippen molar-refractivity contribution in [3.63, 3.8) is 0 Å². The summed E-state index contributed by atoms with van der Waals surface area (Å²) in [4.78, 5) is 24.7. The van der Waals surface area contributed by atoms with E-state index in [9.17, 15) is 9.59 Å². The summed E-state index contributed by atoms with van der Waals surface area (Å²) in [5, 5.41) is 5.65. The molecule has 0 saturated carbocycles. The van der Waals surface area contributed by atoms with Crippen molar-refractivity contribution in [3.8, 4) is 11.5 Å². The maximum absolute atomic E-state index is 12.4. The van der Waals surface area contributed by atoms with Crippen molar-refractivity contribution in [2.24, 2.45) is 0 Å². The van der Waals surface area contributed by atoms with Gasteiger partial charge in [0.2, 0.25) is 0 Å². The number of hydrogen-bond acceptors (Lipinski definition) is 4. The fourth-order valence-corrected chi connectivity index (χ4v) is 4.12. The molecule has 2 amide bonds. The van der Waals surface area contributed by atoms with Crippen LogP contribution in [0.4, 0.5) is 0 Å². The van der Waals surface area contributed by atoms with E-state index in [1.807, 2.05) is 43.3 Å². The second-order valence-corrected chi connectivity index (χ2v) is 12.5. The summed E-state index contributed by atoms with van der Waals surface area (Å²) in [6.07, 6.45) is 0. The molecule has 6 nitrogen and oxygen atoms in total. The molecule has 0 heterocycles. The van der Waals surface area contributed by atoms with Crippen molar-refractivity contribution >= 4 is 43.7 Å².